The van der Waals surface area contributed by atoms with Gasteiger partial charge >= 0.3 is 0 Å². The maximum Gasteiger partial charge on any atom is 0.263 e. The van der Waals surface area contributed by atoms with Gasteiger partial charge in [-0.25, -0.2) is 17.8 Å². The molecule has 1 N–H and O–H groups in total. The zero-order valence-electron chi connectivity index (χ0n) is 10.6. The summed E-state index contributed by atoms with van der Waals surface area (Å²) in [5.74, 6) is -0.757. The van der Waals surface area contributed by atoms with Gasteiger partial charge in [-0.2, -0.15) is 5.26 Å². The Bertz CT molecular complexity index is 787. The van der Waals surface area contributed by atoms with Crippen molar-refractivity contribution < 1.29 is 12.8 Å². The van der Waals surface area contributed by atoms with Crippen LogP contribution in [0.4, 0.5) is 9.52 Å². The lowest BCUT2D eigenvalue weighted by Gasteiger charge is -2.05. The van der Waals surface area contributed by atoms with Crippen LogP contribution in [0.3, 0.4) is 0 Å². The van der Waals surface area contributed by atoms with E-state index >= 15 is 0 Å². The van der Waals surface area contributed by atoms with E-state index in [1.807, 2.05) is 6.92 Å². The van der Waals surface area contributed by atoms with Crippen LogP contribution < -0.4 is 4.72 Å². The zero-order valence-corrected chi connectivity index (χ0v) is 12.3. The van der Waals surface area contributed by atoms with Crippen LogP contribution in [0.2, 0.25) is 0 Å². The number of thiazole rings is 1. The summed E-state index contributed by atoms with van der Waals surface area (Å²) in [6.07, 6.45) is 0. The second-order valence-electron chi connectivity index (χ2n) is 4.02. The van der Waals surface area contributed by atoms with Gasteiger partial charge in [0.2, 0.25) is 0 Å². The summed E-state index contributed by atoms with van der Waals surface area (Å²) in [6.45, 7) is 3.60. The molecule has 0 aliphatic carbocycles. The van der Waals surface area contributed by atoms with Gasteiger partial charge in [-0.1, -0.05) is 0 Å². The predicted octanol–water partition coefficient (Wildman–Crippen LogP) is 2.57. The summed E-state index contributed by atoms with van der Waals surface area (Å²) in [4.78, 5) is 4.79. The first-order valence-corrected chi connectivity index (χ1v) is 7.80. The smallest absolute Gasteiger partial charge is 0.255 e. The molecule has 0 aliphatic heterocycles. The lowest BCUT2D eigenvalue weighted by Crippen LogP contribution is -2.13. The molecule has 0 saturated carbocycles. The fourth-order valence-corrected chi connectivity index (χ4v) is 3.52. The molecule has 0 saturated heterocycles. The lowest BCUT2D eigenvalue weighted by atomic mass is 10.2. The molecule has 1 heterocycles. The van der Waals surface area contributed by atoms with Crippen molar-refractivity contribution in [2.45, 2.75) is 18.7 Å². The lowest BCUT2D eigenvalue weighted by molar-refractivity contribution is 0.599. The average Bonchev–Trinajstić information content (AvgIpc) is 2.67. The van der Waals surface area contributed by atoms with Crippen LogP contribution in [-0.2, 0) is 10.0 Å². The van der Waals surface area contributed by atoms with Crippen molar-refractivity contribution in [2.75, 3.05) is 4.72 Å². The van der Waals surface area contributed by atoms with Crippen molar-refractivity contribution in [1.82, 2.24) is 4.98 Å². The molecule has 5 nitrogen and oxygen atoms in total. The first-order chi connectivity index (χ1) is 9.33. The van der Waals surface area contributed by atoms with Gasteiger partial charge in [0.15, 0.2) is 5.13 Å². The standard InChI is InChI=1S/C12H10FN3O2S2/c1-7-8(2)19-12(15-7)16-20(17,18)10-3-4-11(13)9(5-10)6-14/h3-5H,1-2H3,(H,15,16). The predicted molar refractivity (Wildman–Crippen MR) is 73.5 cm³/mol. The molecule has 0 amide bonds. The first kappa shape index (κ1) is 14.4. The molecule has 0 atom stereocenters. The maximum atomic E-state index is 13.2. The summed E-state index contributed by atoms with van der Waals surface area (Å²) < 4.78 is 39.8. The van der Waals surface area contributed by atoms with E-state index < -0.39 is 15.8 Å². The Morgan fingerprint density at radius 2 is 2.10 bits per heavy atom. The molecule has 2 aromatic rings. The van der Waals surface area contributed by atoms with Crippen LogP contribution in [0.5, 0.6) is 0 Å². The maximum absolute atomic E-state index is 13.2. The van der Waals surface area contributed by atoms with Crippen molar-refractivity contribution in [3.63, 3.8) is 0 Å². The molecule has 1 aromatic carbocycles. The summed E-state index contributed by atoms with van der Waals surface area (Å²) in [7, 11) is -3.89. The number of nitrogens with zero attached hydrogens (tertiary/aromatic N) is 2. The number of aryl methyl sites for hydroxylation is 2. The van der Waals surface area contributed by atoms with E-state index in [0.29, 0.717) is 0 Å². The van der Waals surface area contributed by atoms with E-state index in [4.69, 9.17) is 5.26 Å². The minimum atomic E-state index is -3.89. The number of rotatable bonds is 3. The largest absolute Gasteiger partial charge is 0.263 e. The number of nitriles is 1. The number of anilines is 1. The number of nitrogens with one attached hydrogen (secondary N) is 1. The number of benzene rings is 1. The van der Waals surface area contributed by atoms with Gasteiger partial charge in [0, 0.05) is 4.88 Å². The van der Waals surface area contributed by atoms with Crippen LogP contribution in [0, 0.1) is 31.0 Å². The van der Waals surface area contributed by atoms with Crippen LogP contribution in [0.25, 0.3) is 0 Å². The molecule has 2 rings (SSSR count). The Morgan fingerprint density at radius 3 is 2.65 bits per heavy atom. The molecule has 0 spiro atoms. The molecule has 0 radical (unpaired) electrons. The highest BCUT2D eigenvalue weighted by Crippen LogP contribution is 2.24. The van der Waals surface area contributed by atoms with Gasteiger partial charge in [-0.05, 0) is 32.0 Å². The van der Waals surface area contributed by atoms with E-state index in [1.54, 1.807) is 13.0 Å². The van der Waals surface area contributed by atoms with Gasteiger partial charge in [0.1, 0.15) is 11.9 Å². The second-order valence-corrected chi connectivity index (χ2v) is 6.91. The van der Waals surface area contributed by atoms with Crippen LogP contribution in [-0.4, -0.2) is 13.4 Å². The third-order valence-electron chi connectivity index (χ3n) is 2.62. The SMILES string of the molecule is Cc1nc(NS(=O)(=O)c2ccc(F)c(C#N)c2)sc1C. The minimum Gasteiger partial charge on any atom is -0.255 e. The Balaban J connectivity index is 2.38. The number of hydrogen-bond donors (Lipinski definition) is 1. The molecule has 20 heavy (non-hydrogen) atoms. The van der Waals surface area contributed by atoms with E-state index in [0.717, 1.165) is 28.8 Å². The molecule has 8 heteroatoms. The highest BCUT2D eigenvalue weighted by atomic mass is 32.2. The van der Waals surface area contributed by atoms with Gasteiger partial charge < -0.3 is 0 Å². The molecule has 0 unspecified atom stereocenters. The van der Waals surface area contributed by atoms with Gasteiger partial charge in [-0.3, -0.25) is 4.72 Å². The third-order valence-corrected chi connectivity index (χ3v) is 5.07. The monoisotopic (exact) mass is 311 g/mol. The first-order valence-electron chi connectivity index (χ1n) is 5.50. The highest BCUT2D eigenvalue weighted by Gasteiger charge is 2.18. The van der Waals surface area contributed by atoms with Crippen LogP contribution in [0.1, 0.15) is 16.1 Å². The van der Waals surface area contributed by atoms with Crippen LogP contribution >= 0.6 is 11.3 Å². The Morgan fingerprint density at radius 1 is 1.40 bits per heavy atom. The Labute approximate surface area is 119 Å². The van der Waals surface area contributed by atoms with E-state index in [9.17, 15) is 12.8 Å². The number of hydrogen-bond acceptors (Lipinski definition) is 5. The van der Waals surface area contributed by atoms with E-state index in [1.165, 1.54) is 11.3 Å². The number of aromatic nitrogens is 1. The molecule has 0 bridgehead atoms. The van der Waals surface area contributed by atoms with Gasteiger partial charge in [0.05, 0.1) is 16.2 Å². The molecular formula is C12H10FN3O2S2. The molecule has 1 aromatic heterocycles. The van der Waals surface area contributed by atoms with Gasteiger partial charge in [-0.15, -0.1) is 11.3 Å². The van der Waals surface area contributed by atoms with Crippen molar-refractivity contribution in [3.8, 4) is 6.07 Å². The number of sulfonamides is 1. The van der Waals surface area contributed by atoms with Crippen molar-refractivity contribution in [1.29, 1.82) is 5.26 Å². The summed E-state index contributed by atoms with van der Waals surface area (Å²) in [5.41, 5.74) is 0.420. The van der Waals surface area contributed by atoms with Crippen molar-refractivity contribution in [2.24, 2.45) is 0 Å². The second kappa shape index (κ2) is 5.19. The topological polar surface area (TPSA) is 82.8 Å². The molecular weight excluding hydrogens is 301 g/mol. The average molecular weight is 311 g/mol. The molecule has 0 aliphatic rings. The quantitative estimate of drug-likeness (QED) is 0.944. The van der Waals surface area contributed by atoms with Crippen molar-refractivity contribution >= 4 is 26.5 Å². The zero-order chi connectivity index (χ0) is 14.9. The van der Waals surface area contributed by atoms with Gasteiger partial charge in [0.25, 0.3) is 10.0 Å². The number of halogens is 1. The third kappa shape index (κ3) is 2.79. The van der Waals surface area contributed by atoms with E-state index in [-0.39, 0.29) is 15.6 Å². The van der Waals surface area contributed by atoms with Crippen molar-refractivity contribution in [3.05, 3.63) is 40.2 Å². The summed E-state index contributed by atoms with van der Waals surface area (Å²) >= 11 is 1.21. The Kier molecular flexibility index (Phi) is 3.74. The fourth-order valence-electron chi connectivity index (χ4n) is 1.45. The highest BCUT2D eigenvalue weighted by molar-refractivity contribution is 7.93. The molecule has 0 fully saturated rings. The Hall–Kier alpha value is -1.98. The molecule has 104 valence electrons. The van der Waals surface area contributed by atoms with Crippen LogP contribution in [0.15, 0.2) is 23.1 Å². The summed E-state index contributed by atoms with van der Waals surface area (Å²) in [6, 6.07) is 4.65. The fraction of sp³-hybridized carbons (Fsp3) is 0.167. The normalized spacial score (nSPS) is 11.1. The summed E-state index contributed by atoms with van der Waals surface area (Å²) in [5, 5.41) is 8.96. The minimum absolute atomic E-state index is 0.180. The van der Waals surface area contributed by atoms with E-state index in [2.05, 4.69) is 9.71 Å².